The molecule has 2 nitrogen and oxygen atoms in total. The largest absolute Gasteiger partial charge is 0.481 e. The molecule has 3 rings (SSSR count). The molecule has 0 saturated carbocycles. The number of benzene rings is 2. The van der Waals surface area contributed by atoms with Crippen molar-refractivity contribution in [3.05, 3.63) is 48.0 Å². The molecule has 0 aliphatic heterocycles. The fourth-order valence-corrected chi connectivity index (χ4v) is 3.35. The Hall–Kier alpha value is -1.87. The number of hydrogen-bond acceptors (Lipinski definition) is 2. The Morgan fingerprint density at radius 1 is 1.06 bits per heavy atom. The first-order chi connectivity index (χ1) is 8.74. The van der Waals surface area contributed by atoms with E-state index in [9.17, 15) is 4.79 Å². The molecule has 0 atom stereocenters. The zero-order valence-corrected chi connectivity index (χ0v) is 10.5. The van der Waals surface area contributed by atoms with Gasteiger partial charge in [-0.25, -0.2) is 0 Å². The zero-order valence-electron chi connectivity index (χ0n) is 9.72. The summed E-state index contributed by atoms with van der Waals surface area (Å²) in [4.78, 5) is 10.6. The molecule has 18 heavy (non-hydrogen) atoms. The van der Waals surface area contributed by atoms with Gasteiger partial charge in [-0.1, -0.05) is 30.3 Å². The highest BCUT2D eigenvalue weighted by molar-refractivity contribution is 7.25. The maximum absolute atomic E-state index is 10.6. The smallest absolute Gasteiger partial charge is 0.303 e. The van der Waals surface area contributed by atoms with Gasteiger partial charge in [-0.3, -0.25) is 4.79 Å². The number of aryl methyl sites for hydroxylation is 1. The maximum Gasteiger partial charge on any atom is 0.303 e. The molecule has 0 spiro atoms. The Bertz CT molecular complexity index is 728. The number of carboxylic acid groups (broad SMARTS) is 1. The summed E-state index contributed by atoms with van der Waals surface area (Å²) in [5.74, 6) is -0.744. The second kappa shape index (κ2) is 4.42. The van der Waals surface area contributed by atoms with Crippen LogP contribution in [0.2, 0.25) is 0 Å². The van der Waals surface area contributed by atoms with Crippen LogP contribution in [0.4, 0.5) is 0 Å². The molecule has 2 aromatic carbocycles. The summed E-state index contributed by atoms with van der Waals surface area (Å²) in [5, 5.41) is 11.2. The number of aliphatic carboxylic acids is 1. The molecule has 0 unspecified atom stereocenters. The van der Waals surface area contributed by atoms with E-state index >= 15 is 0 Å². The number of carbonyl (C=O) groups is 1. The summed E-state index contributed by atoms with van der Waals surface area (Å²) < 4.78 is 2.52. The van der Waals surface area contributed by atoms with Crippen LogP contribution in [0, 0.1) is 0 Å². The fourth-order valence-electron chi connectivity index (χ4n) is 2.18. The van der Waals surface area contributed by atoms with Gasteiger partial charge in [0, 0.05) is 26.6 Å². The Morgan fingerprint density at radius 2 is 1.83 bits per heavy atom. The molecule has 90 valence electrons. The van der Waals surface area contributed by atoms with Crippen molar-refractivity contribution in [1.29, 1.82) is 0 Å². The first kappa shape index (κ1) is 11.2. The van der Waals surface area contributed by atoms with Crippen molar-refractivity contribution in [2.75, 3.05) is 0 Å². The first-order valence-corrected chi connectivity index (χ1v) is 6.67. The van der Waals surface area contributed by atoms with E-state index in [0.29, 0.717) is 6.42 Å². The fraction of sp³-hybridized carbons (Fsp3) is 0.133. The second-order valence-corrected chi connectivity index (χ2v) is 5.41. The Morgan fingerprint density at radius 3 is 2.67 bits per heavy atom. The standard InChI is InChI=1S/C15H12O2S/c16-15(17)8-6-10-5-7-12-11-3-1-2-4-13(11)18-14(12)9-10/h1-5,7,9H,6,8H2,(H,16,17). The third-order valence-electron chi connectivity index (χ3n) is 3.07. The van der Waals surface area contributed by atoms with E-state index in [1.165, 1.54) is 20.2 Å². The molecule has 0 saturated heterocycles. The lowest BCUT2D eigenvalue weighted by Gasteiger charge is -1.98. The van der Waals surface area contributed by atoms with Crippen molar-refractivity contribution < 1.29 is 9.90 Å². The van der Waals surface area contributed by atoms with E-state index in [0.717, 1.165) is 5.56 Å². The molecule has 0 radical (unpaired) electrons. The summed E-state index contributed by atoms with van der Waals surface area (Å²) in [7, 11) is 0. The van der Waals surface area contributed by atoms with Gasteiger partial charge >= 0.3 is 5.97 Å². The predicted molar refractivity (Wildman–Crippen MR) is 75.3 cm³/mol. The van der Waals surface area contributed by atoms with Crippen LogP contribution in [0.3, 0.4) is 0 Å². The highest BCUT2D eigenvalue weighted by Crippen LogP contribution is 2.34. The molecule has 3 heteroatoms. The molecule has 3 aromatic rings. The normalized spacial score (nSPS) is 11.1. The van der Waals surface area contributed by atoms with Crippen LogP contribution in [0.1, 0.15) is 12.0 Å². The third-order valence-corrected chi connectivity index (χ3v) is 4.20. The van der Waals surface area contributed by atoms with E-state index in [-0.39, 0.29) is 6.42 Å². The number of rotatable bonds is 3. The average Bonchev–Trinajstić information content (AvgIpc) is 2.73. The molecule has 1 N–H and O–H groups in total. The molecule has 1 heterocycles. The van der Waals surface area contributed by atoms with Crippen molar-refractivity contribution in [3.8, 4) is 0 Å². The van der Waals surface area contributed by atoms with Gasteiger partial charge in [0.2, 0.25) is 0 Å². The summed E-state index contributed by atoms with van der Waals surface area (Å²) in [6, 6.07) is 14.6. The molecular weight excluding hydrogens is 244 g/mol. The molecule has 0 fully saturated rings. The Kier molecular flexibility index (Phi) is 2.76. The number of thiophene rings is 1. The molecular formula is C15H12O2S. The number of carboxylic acids is 1. The number of hydrogen-bond donors (Lipinski definition) is 1. The van der Waals surface area contributed by atoms with Gasteiger partial charge in [-0.15, -0.1) is 11.3 Å². The van der Waals surface area contributed by atoms with Gasteiger partial charge in [0.05, 0.1) is 0 Å². The summed E-state index contributed by atoms with van der Waals surface area (Å²) in [6.07, 6.45) is 0.788. The van der Waals surface area contributed by atoms with Crippen molar-refractivity contribution in [3.63, 3.8) is 0 Å². The van der Waals surface area contributed by atoms with Crippen LogP contribution < -0.4 is 0 Å². The van der Waals surface area contributed by atoms with E-state index in [1.807, 2.05) is 18.2 Å². The Labute approximate surface area is 108 Å². The van der Waals surface area contributed by atoms with Crippen molar-refractivity contribution in [1.82, 2.24) is 0 Å². The van der Waals surface area contributed by atoms with Gasteiger partial charge in [-0.05, 0) is 24.1 Å². The van der Waals surface area contributed by atoms with Crippen LogP contribution in [-0.2, 0) is 11.2 Å². The minimum atomic E-state index is -0.744. The highest BCUT2D eigenvalue weighted by atomic mass is 32.1. The lowest BCUT2D eigenvalue weighted by molar-refractivity contribution is -0.136. The van der Waals surface area contributed by atoms with Crippen molar-refractivity contribution in [2.24, 2.45) is 0 Å². The van der Waals surface area contributed by atoms with Gasteiger partial charge in [0.1, 0.15) is 0 Å². The van der Waals surface area contributed by atoms with E-state index < -0.39 is 5.97 Å². The average molecular weight is 256 g/mol. The van der Waals surface area contributed by atoms with Crippen molar-refractivity contribution >= 4 is 37.5 Å². The van der Waals surface area contributed by atoms with Gasteiger partial charge < -0.3 is 5.11 Å². The zero-order chi connectivity index (χ0) is 12.5. The predicted octanol–water partition coefficient (Wildman–Crippen LogP) is 4.07. The van der Waals surface area contributed by atoms with Crippen LogP contribution in [-0.4, -0.2) is 11.1 Å². The van der Waals surface area contributed by atoms with Crippen molar-refractivity contribution in [2.45, 2.75) is 12.8 Å². The summed E-state index contributed by atoms with van der Waals surface area (Å²) in [6.45, 7) is 0. The third kappa shape index (κ3) is 1.97. The second-order valence-electron chi connectivity index (χ2n) is 4.32. The minimum absolute atomic E-state index is 0.191. The first-order valence-electron chi connectivity index (χ1n) is 5.86. The topological polar surface area (TPSA) is 37.3 Å². The highest BCUT2D eigenvalue weighted by Gasteiger charge is 2.06. The quantitative estimate of drug-likeness (QED) is 0.767. The van der Waals surface area contributed by atoms with Crippen LogP contribution in [0.15, 0.2) is 42.5 Å². The lowest BCUT2D eigenvalue weighted by Crippen LogP contribution is -1.96. The van der Waals surface area contributed by atoms with Crippen LogP contribution in [0.25, 0.3) is 20.2 Å². The van der Waals surface area contributed by atoms with Crippen LogP contribution in [0.5, 0.6) is 0 Å². The van der Waals surface area contributed by atoms with E-state index in [2.05, 4.69) is 24.3 Å². The monoisotopic (exact) mass is 256 g/mol. The van der Waals surface area contributed by atoms with Crippen LogP contribution >= 0.6 is 11.3 Å². The van der Waals surface area contributed by atoms with E-state index in [1.54, 1.807) is 11.3 Å². The lowest BCUT2D eigenvalue weighted by atomic mass is 10.1. The number of fused-ring (bicyclic) bond motifs is 3. The SMILES string of the molecule is O=C(O)CCc1ccc2c(c1)sc1ccccc12. The molecule has 0 amide bonds. The van der Waals surface area contributed by atoms with Gasteiger partial charge in [-0.2, -0.15) is 0 Å². The van der Waals surface area contributed by atoms with Gasteiger partial charge in [0.15, 0.2) is 0 Å². The molecule has 0 bridgehead atoms. The summed E-state index contributed by atoms with van der Waals surface area (Å²) in [5.41, 5.74) is 1.09. The Balaban J connectivity index is 2.07. The molecule has 0 aliphatic rings. The maximum atomic E-state index is 10.6. The van der Waals surface area contributed by atoms with Gasteiger partial charge in [0.25, 0.3) is 0 Å². The minimum Gasteiger partial charge on any atom is -0.481 e. The molecule has 1 aromatic heterocycles. The molecule has 0 aliphatic carbocycles. The van der Waals surface area contributed by atoms with E-state index in [4.69, 9.17) is 5.11 Å². The summed E-state index contributed by atoms with van der Waals surface area (Å²) >= 11 is 1.76.